The normalized spacial score (nSPS) is 23.5. The summed E-state index contributed by atoms with van der Waals surface area (Å²) in [5.74, 6) is -0.916. The summed E-state index contributed by atoms with van der Waals surface area (Å²) in [7, 11) is 0. The van der Waals surface area contributed by atoms with Crippen molar-refractivity contribution in [3.63, 3.8) is 0 Å². The van der Waals surface area contributed by atoms with Crippen LogP contribution in [0.2, 0.25) is 0 Å². The molecular formula is C10H12N2O4S. The van der Waals surface area contributed by atoms with Crippen molar-refractivity contribution in [2.45, 2.75) is 18.8 Å². The lowest BCUT2D eigenvalue weighted by Gasteiger charge is -2.20. The first-order valence-electron chi connectivity index (χ1n) is 5.13. The Bertz CT molecular complexity index is 459. The molecule has 0 amide bonds. The summed E-state index contributed by atoms with van der Waals surface area (Å²) in [6.45, 7) is 1.92. The van der Waals surface area contributed by atoms with Crippen molar-refractivity contribution in [3.05, 3.63) is 11.1 Å². The minimum absolute atomic E-state index is 0.0339. The van der Waals surface area contributed by atoms with E-state index in [4.69, 9.17) is 15.2 Å². The molecule has 1 saturated heterocycles. The van der Waals surface area contributed by atoms with Gasteiger partial charge in [-0.1, -0.05) is 0 Å². The van der Waals surface area contributed by atoms with Crippen LogP contribution in [0.4, 0.5) is 5.13 Å². The van der Waals surface area contributed by atoms with Crippen molar-refractivity contribution in [2.24, 2.45) is 0 Å². The summed E-state index contributed by atoms with van der Waals surface area (Å²) in [5, 5.41) is 2.01. The molecule has 0 spiro atoms. The number of hydrogen-bond acceptors (Lipinski definition) is 7. The van der Waals surface area contributed by atoms with Gasteiger partial charge in [-0.15, -0.1) is 11.3 Å². The first-order chi connectivity index (χ1) is 8.08. The fraction of sp³-hybridized carbons (Fsp3) is 0.500. The molecular weight excluding hydrogens is 244 g/mol. The topological polar surface area (TPSA) is 91.5 Å². The number of carbonyl (C=O) groups excluding carboxylic acids is 2. The molecule has 2 rings (SSSR count). The van der Waals surface area contributed by atoms with Gasteiger partial charge in [0.25, 0.3) is 0 Å². The van der Waals surface area contributed by atoms with Crippen LogP contribution in [0.1, 0.15) is 19.0 Å². The molecule has 1 aromatic rings. The number of ether oxygens (including phenoxy) is 2. The van der Waals surface area contributed by atoms with E-state index < -0.39 is 17.4 Å². The molecule has 1 aliphatic heterocycles. The lowest BCUT2D eigenvalue weighted by molar-refractivity contribution is -0.150. The average Bonchev–Trinajstić information content (AvgIpc) is 2.86. The standard InChI is InChI=1S/C10H12N2O4S/c1-2-15-8(14)10(3-7(13)16-5-10)6-4-17-9(11)12-6/h4H,2-3,5H2,1H3,(H2,11,12). The summed E-state index contributed by atoms with van der Waals surface area (Å²) in [6.07, 6.45) is -0.0466. The van der Waals surface area contributed by atoms with E-state index in [9.17, 15) is 9.59 Å². The number of carbonyl (C=O) groups is 2. The van der Waals surface area contributed by atoms with Crippen LogP contribution in [0, 0.1) is 0 Å². The third-order valence-corrected chi connectivity index (χ3v) is 3.28. The summed E-state index contributed by atoms with van der Waals surface area (Å²) in [6, 6.07) is 0. The molecule has 0 saturated carbocycles. The third kappa shape index (κ3) is 1.97. The van der Waals surface area contributed by atoms with Crippen molar-refractivity contribution in [3.8, 4) is 0 Å². The second-order valence-corrected chi connectivity index (χ2v) is 4.60. The molecule has 1 aromatic heterocycles. The number of thiazole rings is 1. The van der Waals surface area contributed by atoms with Gasteiger partial charge in [0.05, 0.1) is 18.7 Å². The minimum Gasteiger partial charge on any atom is -0.465 e. The highest BCUT2D eigenvalue weighted by Gasteiger charge is 2.51. The molecule has 1 aliphatic rings. The summed E-state index contributed by atoms with van der Waals surface area (Å²) >= 11 is 1.22. The highest BCUT2D eigenvalue weighted by Crippen LogP contribution is 2.36. The van der Waals surface area contributed by atoms with Crippen LogP contribution in [0.25, 0.3) is 0 Å². The number of nitrogen functional groups attached to an aromatic ring is 1. The maximum Gasteiger partial charge on any atom is 0.322 e. The smallest absolute Gasteiger partial charge is 0.322 e. The summed E-state index contributed by atoms with van der Waals surface area (Å²) < 4.78 is 9.88. The molecule has 0 aromatic carbocycles. The molecule has 92 valence electrons. The molecule has 0 radical (unpaired) electrons. The second kappa shape index (κ2) is 4.33. The molecule has 2 heterocycles. The van der Waals surface area contributed by atoms with Gasteiger partial charge >= 0.3 is 11.9 Å². The zero-order valence-corrected chi connectivity index (χ0v) is 10.1. The number of anilines is 1. The van der Waals surface area contributed by atoms with Crippen molar-refractivity contribution in [2.75, 3.05) is 18.9 Å². The monoisotopic (exact) mass is 256 g/mol. The summed E-state index contributed by atoms with van der Waals surface area (Å²) in [4.78, 5) is 27.3. The Morgan fingerprint density at radius 1 is 1.76 bits per heavy atom. The van der Waals surface area contributed by atoms with Gasteiger partial charge in [-0.2, -0.15) is 0 Å². The lowest BCUT2D eigenvalue weighted by Crippen LogP contribution is -2.38. The molecule has 2 N–H and O–H groups in total. The lowest BCUT2D eigenvalue weighted by atomic mass is 9.84. The van der Waals surface area contributed by atoms with Crippen LogP contribution in [-0.4, -0.2) is 30.1 Å². The van der Waals surface area contributed by atoms with Crippen LogP contribution in [-0.2, 0) is 24.5 Å². The van der Waals surface area contributed by atoms with E-state index in [0.29, 0.717) is 10.8 Å². The second-order valence-electron chi connectivity index (χ2n) is 3.71. The Morgan fingerprint density at radius 2 is 2.53 bits per heavy atom. The number of rotatable bonds is 3. The number of cyclic esters (lactones) is 1. The van der Waals surface area contributed by atoms with Gasteiger partial charge in [-0.05, 0) is 6.92 Å². The van der Waals surface area contributed by atoms with Gasteiger partial charge in [0.15, 0.2) is 10.5 Å². The molecule has 1 fully saturated rings. The van der Waals surface area contributed by atoms with Gasteiger partial charge in [0.1, 0.15) is 6.61 Å². The van der Waals surface area contributed by atoms with Crippen LogP contribution >= 0.6 is 11.3 Å². The number of esters is 2. The van der Waals surface area contributed by atoms with Crippen LogP contribution in [0.15, 0.2) is 5.38 Å². The van der Waals surface area contributed by atoms with Gasteiger partial charge in [-0.3, -0.25) is 9.59 Å². The molecule has 17 heavy (non-hydrogen) atoms. The molecule has 0 aliphatic carbocycles. The Labute approximate surface area is 102 Å². The van der Waals surface area contributed by atoms with Crippen molar-refractivity contribution >= 4 is 28.4 Å². The number of nitrogens with two attached hydrogens (primary N) is 1. The number of hydrogen-bond donors (Lipinski definition) is 1. The highest BCUT2D eigenvalue weighted by atomic mass is 32.1. The van der Waals surface area contributed by atoms with Crippen molar-refractivity contribution < 1.29 is 19.1 Å². The zero-order chi connectivity index (χ0) is 12.5. The van der Waals surface area contributed by atoms with E-state index in [1.807, 2.05) is 0 Å². The average molecular weight is 256 g/mol. The van der Waals surface area contributed by atoms with Crippen LogP contribution < -0.4 is 5.73 Å². The highest BCUT2D eigenvalue weighted by molar-refractivity contribution is 7.13. The molecule has 7 heteroatoms. The maximum absolute atomic E-state index is 12.0. The fourth-order valence-corrected chi connectivity index (χ4v) is 2.39. The minimum atomic E-state index is -1.12. The van der Waals surface area contributed by atoms with E-state index in [1.54, 1.807) is 12.3 Å². The molecule has 1 atom stereocenters. The predicted molar refractivity (Wildman–Crippen MR) is 60.4 cm³/mol. The first kappa shape index (κ1) is 11.8. The van der Waals surface area contributed by atoms with Crippen molar-refractivity contribution in [1.82, 2.24) is 4.98 Å². The predicted octanol–water partition coefficient (Wildman–Crippen LogP) is 0.473. The van der Waals surface area contributed by atoms with Crippen LogP contribution in [0.3, 0.4) is 0 Å². The van der Waals surface area contributed by atoms with Crippen molar-refractivity contribution in [1.29, 1.82) is 0 Å². The Balaban J connectivity index is 2.37. The molecule has 6 nitrogen and oxygen atoms in total. The molecule has 1 unspecified atom stereocenters. The van der Waals surface area contributed by atoms with Gasteiger partial charge in [0.2, 0.25) is 0 Å². The van der Waals surface area contributed by atoms with Crippen LogP contribution in [0.5, 0.6) is 0 Å². The van der Waals surface area contributed by atoms with Gasteiger partial charge in [0, 0.05) is 5.38 Å². The maximum atomic E-state index is 12.0. The van der Waals surface area contributed by atoms with E-state index >= 15 is 0 Å². The van der Waals surface area contributed by atoms with E-state index in [0.717, 1.165) is 0 Å². The Morgan fingerprint density at radius 3 is 3.00 bits per heavy atom. The SMILES string of the molecule is CCOC(=O)C1(c2csc(N)n2)COC(=O)C1. The molecule has 0 bridgehead atoms. The van der Waals surface area contributed by atoms with E-state index in [1.165, 1.54) is 11.3 Å². The largest absolute Gasteiger partial charge is 0.465 e. The number of aromatic nitrogens is 1. The fourth-order valence-electron chi connectivity index (χ4n) is 1.73. The van der Waals surface area contributed by atoms with E-state index in [-0.39, 0.29) is 19.6 Å². The summed E-state index contributed by atoms with van der Waals surface area (Å²) in [5.41, 5.74) is 4.87. The first-order valence-corrected chi connectivity index (χ1v) is 6.01. The van der Waals surface area contributed by atoms with E-state index in [2.05, 4.69) is 4.98 Å². The quantitative estimate of drug-likeness (QED) is 0.790. The Hall–Kier alpha value is -1.63. The Kier molecular flexibility index (Phi) is 3.01. The number of nitrogens with zero attached hydrogens (tertiary/aromatic N) is 1. The van der Waals surface area contributed by atoms with Gasteiger partial charge in [-0.25, -0.2) is 4.98 Å². The zero-order valence-electron chi connectivity index (χ0n) is 9.26. The third-order valence-electron chi connectivity index (χ3n) is 2.60. The van der Waals surface area contributed by atoms with Gasteiger partial charge < -0.3 is 15.2 Å².